The number of hydrogen-bond donors (Lipinski definition) is 0. The zero-order valence-electron chi connectivity index (χ0n) is 13.6. The molecule has 0 aromatic heterocycles. The zero-order chi connectivity index (χ0) is 14.9. The van der Waals surface area contributed by atoms with Crippen LogP contribution in [-0.2, 0) is 9.63 Å². The molecular weight excluding hydrogens is 238 g/mol. The summed E-state index contributed by atoms with van der Waals surface area (Å²) < 4.78 is 0. The van der Waals surface area contributed by atoms with E-state index in [0.29, 0.717) is 18.8 Å². The summed E-state index contributed by atoms with van der Waals surface area (Å²) in [5, 5.41) is 4.12. The molecule has 0 bridgehead atoms. The average Bonchev–Trinajstić information content (AvgIpc) is 2.24. The maximum Gasteiger partial charge on any atom is 0.135 e. The Labute approximate surface area is 118 Å². The highest BCUT2D eigenvalue weighted by Crippen LogP contribution is 2.19. The van der Waals surface area contributed by atoms with E-state index in [1.165, 1.54) is 0 Å². The maximum absolute atomic E-state index is 11.4. The molecule has 0 saturated carbocycles. The Bertz CT molecular complexity index is 288. The third-order valence-electron chi connectivity index (χ3n) is 2.81. The Morgan fingerprint density at radius 1 is 1.16 bits per heavy atom. The van der Waals surface area contributed by atoms with Crippen molar-refractivity contribution >= 4 is 11.5 Å². The van der Waals surface area contributed by atoms with Crippen LogP contribution in [0.4, 0.5) is 0 Å². The molecule has 0 heterocycles. The lowest BCUT2D eigenvalue weighted by Gasteiger charge is -2.16. The molecule has 0 rings (SSSR count). The van der Waals surface area contributed by atoms with Gasteiger partial charge in [0, 0.05) is 12.3 Å². The number of Topliss-reactive ketones (excluding diaryl/α,β-unsaturated/α-hetero) is 1. The topological polar surface area (TPSA) is 38.7 Å². The first-order valence-corrected chi connectivity index (χ1v) is 7.40. The molecule has 19 heavy (non-hydrogen) atoms. The second-order valence-electron chi connectivity index (χ2n) is 6.83. The lowest BCUT2D eigenvalue weighted by molar-refractivity contribution is -0.122. The first-order valence-electron chi connectivity index (χ1n) is 7.40. The molecule has 0 fully saturated rings. The largest absolute Gasteiger partial charge is 0.396 e. The van der Waals surface area contributed by atoms with Gasteiger partial charge >= 0.3 is 0 Å². The molecule has 0 aromatic carbocycles. The van der Waals surface area contributed by atoms with Gasteiger partial charge in [-0.05, 0) is 38.0 Å². The minimum Gasteiger partial charge on any atom is -0.396 e. The molecule has 0 saturated heterocycles. The fourth-order valence-electron chi connectivity index (χ4n) is 1.89. The predicted octanol–water partition coefficient (Wildman–Crippen LogP) is 4.60. The van der Waals surface area contributed by atoms with Crippen LogP contribution in [0.15, 0.2) is 5.16 Å². The lowest BCUT2D eigenvalue weighted by atomic mass is 9.90. The molecule has 0 N–H and O–H groups in total. The van der Waals surface area contributed by atoms with Gasteiger partial charge in [0.2, 0.25) is 0 Å². The van der Waals surface area contributed by atoms with Crippen LogP contribution >= 0.6 is 0 Å². The summed E-state index contributed by atoms with van der Waals surface area (Å²) in [6, 6.07) is 0. The maximum atomic E-state index is 11.4. The van der Waals surface area contributed by atoms with Crippen molar-refractivity contribution in [1.29, 1.82) is 0 Å². The SMILES string of the molecule is C/C(CC(C)(C)C)=N\OCCCCCC(=O)C(C)C. The van der Waals surface area contributed by atoms with E-state index >= 15 is 0 Å². The zero-order valence-corrected chi connectivity index (χ0v) is 13.6. The summed E-state index contributed by atoms with van der Waals surface area (Å²) in [6.45, 7) is 13.1. The van der Waals surface area contributed by atoms with Gasteiger partial charge in [-0.25, -0.2) is 0 Å². The quantitative estimate of drug-likeness (QED) is 0.348. The van der Waals surface area contributed by atoms with E-state index in [2.05, 4.69) is 25.9 Å². The Morgan fingerprint density at radius 2 is 1.79 bits per heavy atom. The minimum absolute atomic E-state index is 0.167. The van der Waals surface area contributed by atoms with Crippen LogP contribution in [0.1, 0.15) is 73.6 Å². The molecule has 0 spiro atoms. The van der Waals surface area contributed by atoms with Crippen molar-refractivity contribution < 1.29 is 9.63 Å². The molecule has 0 unspecified atom stereocenters. The molecule has 0 aliphatic carbocycles. The Morgan fingerprint density at radius 3 is 2.32 bits per heavy atom. The standard InChI is InChI=1S/C16H31NO2/c1-13(2)15(18)10-8-7-9-11-19-17-14(3)12-16(4,5)6/h13H,7-12H2,1-6H3/b17-14+. The fourth-order valence-corrected chi connectivity index (χ4v) is 1.89. The van der Waals surface area contributed by atoms with Crippen LogP contribution in [0.2, 0.25) is 0 Å². The van der Waals surface area contributed by atoms with Crippen LogP contribution in [0.5, 0.6) is 0 Å². The summed E-state index contributed by atoms with van der Waals surface area (Å²) in [6.07, 6.45) is 4.62. The molecule has 0 radical (unpaired) electrons. The molecule has 3 heteroatoms. The van der Waals surface area contributed by atoms with Gasteiger partial charge in [-0.1, -0.05) is 39.8 Å². The summed E-state index contributed by atoms with van der Waals surface area (Å²) in [4.78, 5) is 16.7. The van der Waals surface area contributed by atoms with Crippen LogP contribution in [-0.4, -0.2) is 18.1 Å². The number of unbranched alkanes of at least 4 members (excludes halogenated alkanes) is 2. The number of hydrogen-bond acceptors (Lipinski definition) is 3. The van der Waals surface area contributed by atoms with Gasteiger partial charge in [-0.15, -0.1) is 0 Å². The summed E-state index contributed by atoms with van der Waals surface area (Å²) in [7, 11) is 0. The van der Waals surface area contributed by atoms with Gasteiger partial charge in [-0.2, -0.15) is 0 Å². The number of ketones is 1. The fraction of sp³-hybridized carbons (Fsp3) is 0.875. The highest BCUT2D eigenvalue weighted by atomic mass is 16.6. The summed E-state index contributed by atoms with van der Waals surface area (Å²) in [5.41, 5.74) is 1.30. The molecule has 3 nitrogen and oxygen atoms in total. The van der Waals surface area contributed by atoms with Crippen LogP contribution < -0.4 is 0 Å². The molecule has 0 aromatic rings. The molecule has 112 valence electrons. The van der Waals surface area contributed by atoms with Crippen molar-refractivity contribution in [3.8, 4) is 0 Å². The van der Waals surface area contributed by atoms with Crippen molar-refractivity contribution in [2.45, 2.75) is 73.6 Å². The number of nitrogens with zero attached hydrogens (tertiary/aromatic N) is 1. The Balaban J connectivity index is 3.55. The number of oxime groups is 1. The van der Waals surface area contributed by atoms with Crippen LogP contribution in [0.25, 0.3) is 0 Å². The molecule has 0 amide bonds. The van der Waals surface area contributed by atoms with Crippen molar-refractivity contribution in [2.24, 2.45) is 16.5 Å². The lowest BCUT2D eigenvalue weighted by Crippen LogP contribution is -2.10. The number of rotatable bonds is 9. The molecule has 0 aliphatic rings. The van der Waals surface area contributed by atoms with Crippen molar-refractivity contribution in [3.05, 3.63) is 0 Å². The van der Waals surface area contributed by atoms with Gasteiger partial charge < -0.3 is 4.84 Å². The van der Waals surface area contributed by atoms with E-state index in [1.54, 1.807) is 0 Å². The molecule has 0 atom stereocenters. The van der Waals surface area contributed by atoms with Gasteiger partial charge in [0.05, 0.1) is 5.71 Å². The van der Waals surface area contributed by atoms with Gasteiger partial charge in [-0.3, -0.25) is 4.79 Å². The number of carbonyl (C=O) groups is 1. The minimum atomic E-state index is 0.167. The third kappa shape index (κ3) is 11.9. The van der Waals surface area contributed by atoms with E-state index in [4.69, 9.17) is 4.84 Å². The highest BCUT2D eigenvalue weighted by molar-refractivity contribution is 5.81. The summed E-state index contributed by atoms with van der Waals surface area (Å²) in [5.74, 6) is 0.529. The Hall–Kier alpha value is -0.860. The van der Waals surface area contributed by atoms with Crippen molar-refractivity contribution in [1.82, 2.24) is 0 Å². The van der Waals surface area contributed by atoms with Gasteiger partial charge in [0.25, 0.3) is 0 Å². The summed E-state index contributed by atoms with van der Waals surface area (Å²) >= 11 is 0. The van der Waals surface area contributed by atoms with Crippen LogP contribution in [0.3, 0.4) is 0 Å². The third-order valence-corrected chi connectivity index (χ3v) is 2.81. The van der Waals surface area contributed by atoms with E-state index in [1.807, 2.05) is 20.8 Å². The number of carbonyl (C=O) groups excluding carboxylic acids is 1. The van der Waals surface area contributed by atoms with Crippen LogP contribution in [0, 0.1) is 11.3 Å². The van der Waals surface area contributed by atoms with E-state index < -0.39 is 0 Å². The first kappa shape index (κ1) is 18.1. The van der Waals surface area contributed by atoms with Gasteiger partial charge in [0.1, 0.15) is 12.4 Å². The van der Waals surface area contributed by atoms with E-state index in [0.717, 1.165) is 31.4 Å². The predicted molar refractivity (Wildman–Crippen MR) is 81.4 cm³/mol. The average molecular weight is 269 g/mol. The second kappa shape index (κ2) is 9.11. The monoisotopic (exact) mass is 269 g/mol. The molecule has 0 aliphatic heterocycles. The van der Waals surface area contributed by atoms with E-state index in [-0.39, 0.29) is 11.3 Å². The van der Waals surface area contributed by atoms with Gasteiger partial charge in [0.15, 0.2) is 0 Å². The van der Waals surface area contributed by atoms with E-state index in [9.17, 15) is 4.79 Å². The smallest absolute Gasteiger partial charge is 0.135 e. The van der Waals surface area contributed by atoms with Crippen molar-refractivity contribution in [3.63, 3.8) is 0 Å². The van der Waals surface area contributed by atoms with Crippen molar-refractivity contribution in [2.75, 3.05) is 6.61 Å². The normalized spacial score (nSPS) is 12.9. The first-order chi connectivity index (χ1) is 8.72. The highest BCUT2D eigenvalue weighted by Gasteiger charge is 2.11. The Kier molecular flexibility index (Phi) is 8.70. The second-order valence-corrected chi connectivity index (χ2v) is 6.83. The molecular formula is C16H31NO2.